The maximum absolute atomic E-state index is 14.3. The molecule has 16 nitrogen and oxygen atoms in total. The van der Waals surface area contributed by atoms with Gasteiger partial charge in [-0.15, -0.1) is 0 Å². The molecule has 2 heterocycles. The topological polar surface area (TPSA) is 208 Å². The Bertz CT molecular complexity index is 1910. The first kappa shape index (κ1) is 39.5. The van der Waals surface area contributed by atoms with Crippen LogP contribution in [-0.2, 0) is 38.6 Å². The average Bonchev–Trinajstić information content (AvgIpc) is 4.04. The Morgan fingerprint density at radius 2 is 1.73 bits per heavy atom. The van der Waals surface area contributed by atoms with Crippen LogP contribution in [0.15, 0.2) is 66.7 Å². The van der Waals surface area contributed by atoms with Crippen molar-refractivity contribution < 1.29 is 51.3 Å². The Balaban J connectivity index is 1.24. The van der Waals surface area contributed by atoms with Crippen LogP contribution in [0.25, 0.3) is 0 Å². The van der Waals surface area contributed by atoms with Crippen LogP contribution in [0.1, 0.15) is 59.3 Å². The molecule has 2 aromatic carbocycles. The second kappa shape index (κ2) is 16.3. The number of fused-ring (bicyclic) bond motifs is 2. The van der Waals surface area contributed by atoms with Crippen molar-refractivity contribution in [2.24, 2.45) is 5.92 Å². The van der Waals surface area contributed by atoms with Crippen LogP contribution in [-0.4, -0.2) is 97.6 Å². The van der Waals surface area contributed by atoms with Crippen molar-refractivity contribution in [2.75, 3.05) is 25.1 Å². The van der Waals surface area contributed by atoms with Crippen LogP contribution in [0, 0.1) is 5.92 Å². The van der Waals surface area contributed by atoms with E-state index in [-0.39, 0.29) is 32.6 Å². The molecule has 1 saturated heterocycles. The molecule has 4 aliphatic rings. The molecule has 2 aliphatic carbocycles. The fraction of sp³-hybridized carbons (Fsp3) is 0.500. The van der Waals surface area contributed by atoms with Crippen LogP contribution in [0.5, 0.6) is 11.5 Å². The van der Waals surface area contributed by atoms with Gasteiger partial charge in [0, 0.05) is 18.9 Å². The number of benzene rings is 2. The average molecular weight is 782 g/mol. The number of allylic oxidation sites excluding steroid dienone is 1. The van der Waals surface area contributed by atoms with Gasteiger partial charge in [-0.25, -0.2) is 18.0 Å². The van der Waals surface area contributed by atoms with E-state index < -0.39 is 80.4 Å². The van der Waals surface area contributed by atoms with Gasteiger partial charge in [-0.2, -0.15) is 0 Å². The van der Waals surface area contributed by atoms with Gasteiger partial charge in [-0.3, -0.25) is 24.4 Å². The monoisotopic (exact) mass is 781 g/mol. The molecule has 296 valence electrons. The van der Waals surface area contributed by atoms with Gasteiger partial charge in [0.05, 0.1) is 24.1 Å². The highest BCUT2D eigenvalue weighted by Gasteiger charge is 2.62. The summed E-state index contributed by atoms with van der Waals surface area (Å²) < 4.78 is 50.6. The van der Waals surface area contributed by atoms with Crippen molar-refractivity contribution in [3.63, 3.8) is 0 Å². The lowest BCUT2D eigenvalue weighted by molar-refractivity contribution is -0.142. The van der Waals surface area contributed by atoms with Gasteiger partial charge < -0.3 is 34.5 Å². The summed E-state index contributed by atoms with van der Waals surface area (Å²) in [5.41, 5.74) is -2.16. The Hall–Kier alpha value is -5.16. The minimum absolute atomic E-state index is 0.133. The molecule has 2 saturated carbocycles. The van der Waals surface area contributed by atoms with E-state index in [4.69, 9.17) is 18.9 Å². The highest BCUT2D eigenvalue weighted by Crippen LogP contribution is 2.46. The molecule has 2 aliphatic heterocycles. The second-order valence-electron chi connectivity index (χ2n) is 15.1. The maximum atomic E-state index is 14.3. The van der Waals surface area contributed by atoms with Gasteiger partial charge in [0.1, 0.15) is 35.1 Å². The number of nitrogens with zero attached hydrogens (tertiary/aromatic N) is 1. The third-order valence-corrected chi connectivity index (χ3v) is 11.3. The molecule has 0 bridgehead atoms. The molecule has 0 unspecified atom stereocenters. The van der Waals surface area contributed by atoms with E-state index in [0.717, 1.165) is 0 Å². The summed E-state index contributed by atoms with van der Waals surface area (Å²) in [6, 6.07) is 13.1. The first-order valence-electron chi connectivity index (χ1n) is 18.4. The van der Waals surface area contributed by atoms with E-state index in [1.165, 1.54) is 4.90 Å². The number of carbonyl (C=O) groups excluding carboxylic acids is 5. The number of carbonyl (C=O) groups is 5. The number of alkyl carbamates (subject to hydrolysis) is 1. The zero-order valence-electron chi connectivity index (χ0n) is 30.9. The lowest BCUT2D eigenvalue weighted by Crippen LogP contribution is -2.59. The Morgan fingerprint density at radius 1 is 1.00 bits per heavy atom. The standard InChI is InChI=1S/C38H47N5O11S/c1-37(2,3)54-36(48)40-29-23-51-19-11-5-6-12-24-21-38(24,34(46)42-55(49,50)27-17-18-27)41-32(44)30-20-26(22-43(30)33(29)45)53-35(47)39-28-15-9-10-16-31(28)52-25-13-7-4-8-14-25/h4,6-10,12-16,24,26-27,29-30H,5,11,17-23H2,1-3H3,(H,39,47)(H,40,48)(H,41,44)(H,42,46)/b12-6-/t24-,26-,29+,30+,38-/m1/s1. The summed E-state index contributed by atoms with van der Waals surface area (Å²) in [7, 11) is -3.94. The van der Waals surface area contributed by atoms with Gasteiger partial charge in [0.15, 0.2) is 5.75 Å². The van der Waals surface area contributed by atoms with E-state index in [2.05, 4.69) is 20.7 Å². The Morgan fingerprint density at radius 3 is 2.45 bits per heavy atom. The number of sulfonamides is 1. The zero-order chi connectivity index (χ0) is 39.4. The zero-order valence-corrected chi connectivity index (χ0v) is 31.8. The van der Waals surface area contributed by atoms with Crippen molar-refractivity contribution in [2.45, 2.75) is 93.9 Å². The first-order valence-corrected chi connectivity index (χ1v) is 19.9. The number of anilines is 1. The van der Waals surface area contributed by atoms with Crippen molar-refractivity contribution in [3.8, 4) is 11.5 Å². The second-order valence-corrected chi connectivity index (χ2v) is 17.1. The van der Waals surface area contributed by atoms with E-state index >= 15 is 0 Å². The van der Waals surface area contributed by atoms with E-state index in [1.807, 2.05) is 12.1 Å². The van der Waals surface area contributed by atoms with Gasteiger partial charge in [-0.1, -0.05) is 42.5 Å². The molecule has 6 rings (SSSR count). The SMILES string of the molecule is CC(C)(C)OC(=O)N[C@H]1COCCC/C=C\[C@@H]2C[C@@]2(C(=O)NS(=O)(=O)C2CC2)NC(=O)[C@@H]2C[C@@H](OC(=O)Nc3ccccc3Oc3ccccc3)CN2C1=O. The Kier molecular flexibility index (Phi) is 11.7. The molecular formula is C38H47N5O11S. The molecule has 5 atom stereocenters. The molecule has 4 N–H and O–H groups in total. The van der Waals surface area contributed by atoms with Crippen molar-refractivity contribution in [1.29, 1.82) is 0 Å². The predicted octanol–water partition coefficient (Wildman–Crippen LogP) is 3.74. The van der Waals surface area contributed by atoms with E-state index in [9.17, 15) is 32.4 Å². The van der Waals surface area contributed by atoms with Crippen LogP contribution in [0.2, 0.25) is 0 Å². The molecule has 0 spiro atoms. The molecule has 2 aromatic rings. The van der Waals surface area contributed by atoms with Gasteiger partial charge in [0.2, 0.25) is 21.8 Å². The van der Waals surface area contributed by atoms with Crippen LogP contribution in [0.3, 0.4) is 0 Å². The summed E-state index contributed by atoms with van der Waals surface area (Å²) in [4.78, 5) is 69.5. The molecule has 0 radical (unpaired) electrons. The lowest BCUT2D eigenvalue weighted by Gasteiger charge is -2.30. The highest BCUT2D eigenvalue weighted by molar-refractivity contribution is 7.91. The summed E-state index contributed by atoms with van der Waals surface area (Å²) in [6.45, 7) is 4.73. The number of para-hydroxylation sites is 3. The van der Waals surface area contributed by atoms with Crippen LogP contribution in [0.4, 0.5) is 15.3 Å². The summed E-state index contributed by atoms with van der Waals surface area (Å²) in [6.07, 6.45) is 2.73. The van der Waals surface area contributed by atoms with E-state index in [1.54, 1.807) is 75.4 Å². The normalized spacial score (nSPS) is 26.4. The molecule has 3 fully saturated rings. The largest absolute Gasteiger partial charge is 0.455 e. The molecule has 5 amide bonds. The third kappa shape index (κ3) is 10.1. The minimum atomic E-state index is -3.94. The quantitative estimate of drug-likeness (QED) is 0.284. The third-order valence-electron chi connectivity index (χ3n) is 9.48. The first-order chi connectivity index (χ1) is 26.1. The number of nitrogens with one attached hydrogen (secondary N) is 4. The number of hydrogen-bond donors (Lipinski definition) is 4. The lowest BCUT2D eigenvalue weighted by atomic mass is 10.1. The summed E-state index contributed by atoms with van der Waals surface area (Å²) >= 11 is 0. The van der Waals surface area contributed by atoms with Crippen molar-refractivity contribution in [3.05, 3.63) is 66.7 Å². The van der Waals surface area contributed by atoms with E-state index in [0.29, 0.717) is 42.9 Å². The predicted molar refractivity (Wildman–Crippen MR) is 198 cm³/mol. The molecule has 55 heavy (non-hydrogen) atoms. The van der Waals surface area contributed by atoms with Gasteiger partial charge in [0.25, 0.3) is 5.91 Å². The maximum Gasteiger partial charge on any atom is 0.412 e. The summed E-state index contributed by atoms with van der Waals surface area (Å²) in [5, 5.41) is 7.32. The minimum Gasteiger partial charge on any atom is -0.455 e. The van der Waals surface area contributed by atoms with Gasteiger partial charge >= 0.3 is 12.2 Å². The fourth-order valence-electron chi connectivity index (χ4n) is 6.50. The van der Waals surface area contributed by atoms with Crippen molar-refractivity contribution >= 4 is 45.6 Å². The summed E-state index contributed by atoms with van der Waals surface area (Å²) in [5.74, 6) is -1.97. The molecule has 17 heteroatoms. The fourth-order valence-corrected chi connectivity index (χ4v) is 7.86. The molecule has 0 aromatic heterocycles. The van der Waals surface area contributed by atoms with Crippen LogP contribution < -0.4 is 25.4 Å². The van der Waals surface area contributed by atoms with Crippen LogP contribution >= 0.6 is 0 Å². The van der Waals surface area contributed by atoms with Gasteiger partial charge in [-0.05, 0) is 77.1 Å². The van der Waals surface area contributed by atoms with Crippen molar-refractivity contribution in [1.82, 2.24) is 20.3 Å². The highest BCUT2D eigenvalue weighted by atomic mass is 32.2. The number of ether oxygens (including phenoxy) is 4. The molecular weight excluding hydrogens is 735 g/mol. The Labute approximate surface area is 319 Å². The number of rotatable bonds is 8. The number of hydrogen-bond acceptors (Lipinski definition) is 11. The number of amides is 5. The smallest absolute Gasteiger partial charge is 0.412 e.